The van der Waals surface area contributed by atoms with Crippen LogP contribution in [0.4, 0.5) is 0 Å². The molecular weight excluding hydrogens is 258 g/mol. The highest BCUT2D eigenvalue weighted by molar-refractivity contribution is 7.15. The van der Waals surface area contributed by atoms with E-state index < -0.39 is 0 Å². The number of nitrogens with zero attached hydrogens (tertiary/aromatic N) is 3. The third kappa shape index (κ3) is 1.86. The molecule has 0 aliphatic carbocycles. The number of rotatable bonds is 3. The van der Waals surface area contributed by atoms with E-state index in [1.165, 1.54) is 0 Å². The third-order valence-electron chi connectivity index (χ3n) is 2.96. The molecule has 0 bridgehead atoms. The lowest BCUT2D eigenvalue weighted by Crippen LogP contribution is -1.94. The molecule has 5 heteroatoms. The van der Waals surface area contributed by atoms with Gasteiger partial charge in [-0.1, -0.05) is 12.1 Å². The molecule has 0 aliphatic rings. The normalized spacial score (nSPS) is 10.5. The number of thiazole rings is 1. The van der Waals surface area contributed by atoms with Crippen molar-refractivity contribution in [2.45, 2.75) is 6.42 Å². The van der Waals surface area contributed by atoms with Crippen LogP contribution in [0.3, 0.4) is 0 Å². The molecule has 0 unspecified atom stereocenters. The average Bonchev–Trinajstić information content (AvgIpc) is 3.02. The van der Waals surface area contributed by atoms with Crippen LogP contribution in [0.25, 0.3) is 16.2 Å². The van der Waals surface area contributed by atoms with Crippen molar-refractivity contribution in [1.82, 2.24) is 9.38 Å². The van der Waals surface area contributed by atoms with Crippen LogP contribution in [0.5, 0.6) is 5.75 Å². The Kier molecular flexibility index (Phi) is 2.94. The molecular formula is C14H11N3OS. The van der Waals surface area contributed by atoms with Gasteiger partial charge in [0, 0.05) is 10.9 Å². The second-order valence-electron chi connectivity index (χ2n) is 4.02. The van der Waals surface area contributed by atoms with Gasteiger partial charge in [0.25, 0.3) is 0 Å². The van der Waals surface area contributed by atoms with Gasteiger partial charge in [0.1, 0.15) is 5.75 Å². The van der Waals surface area contributed by atoms with Crippen LogP contribution in [0.15, 0.2) is 35.8 Å². The topological polar surface area (TPSA) is 50.3 Å². The zero-order valence-electron chi connectivity index (χ0n) is 10.3. The van der Waals surface area contributed by atoms with Crippen molar-refractivity contribution >= 4 is 16.3 Å². The molecule has 94 valence electrons. The maximum atomic E-state index is 8.88. The smallest absolute Gasteiger partial charge is 0.194 e. The van der Waals surface area contributed by atoms with Crippen LogP contribution < -0.4 is 4.74 Å². The van der Waals surface area contributed by atoms with Gasteiger partial charge in [-0.25, -0.2) is 4.98 Å². The Hall–Kier alpha value is -2.32. The van der Waals surface area contributed by atoms with E-state index in [9.17, 15) is 0 Å². The highest BCUT2D eigenvalue weighted by atomic mass is 32.1. The van der Waals surface area contributed by atoms with E-state index in [1.54, 1.807) is 24.6 Å². The molecule has 0 N–H and O–H groups in total. The van der Waals surface area contributed by atoms with Gasteiger partial charge in [-0.15, -0.1) is 11.3 Å². The first-order chi connectivity index (χ1) is 9.35. The lowest BCUT2D eigenvalue weighted by molar-refractivity contribution is 0.416. The number of hydrogen-bond acceptors (Lipinski definition) is 4. The summed E-state index contributed by atoms with van der Waals surface area (Å²) in [6.45, 7) is 0. The van der Waals surface area contributed by atoms with Gasteiger partial charge >= 0.3 is 0 Å². The van der Waals surface area contributed by atoms with E-state index in [2.05, 4.69) is 11.1 Å². The molecule has 0 amide bonds. The number of ether oxygens (including phenoxy) is 1. The first kappa shape index (κ1) is 11.8. The summed E-state index contributed by atoms with van der Waals surface area (Å²) >= 11 is 1.56. The van der Waals surface area contributed by atoms with Crippen molar-refractivity contribution in [1.29, 1.82) is 5.26 Å². The van der Waals surface area contributed by atoms with Gasteiger partial charge in [0.15, 0.2) is 4.96 Å². The van der Waals surface area contributed by atoms with E-state index in [1.807, 2.05) is 34.0 Å². The summed E-state index contributed by atoms with van der Waals surface area (Å²) in [7, 11) is 1.66. The second kappa shape index (κ2) is 4.75. The Bertz CT molecular complexity index is 766. The number of aromatic nitrogens is 2. The first-order valence-electron chi connectivity index (χ1n) is 5.79. The van der Waals surface area contributed by atoms with Gasteiger partial charge < -0.3 is 4.74 Å². The molecule has 3 aromatic rings. The fraction of sp³-hybridized carbons (Fsp3) is 0.143. The summed E-state index contributed by atoms with van der Waals surface area (Å²) in [5.74, 6) is 0.818. The van der Waals surface area contributed by atoms with Gasteiger partial charge in [0.05, 0.1) is 37.2 Å². The van der Waals surface area contributed by atoms with E-state index in [-0.39, 0.29) is 0 Å². The van der Waals surface area contributed by atoms with Crippen LogP contribution in [0, 0.1) is 11.3 Å². The lowest BCUT2D eigenvalue weighted by atomic mass is 10.1. The summed E-state index contributed by atoms with van der Waals surface area (Å²) in [6.07, 6.45) is 2.11. The maximum absolute atomic E-state index is 8.88. The van der Waals surface area contributed by atoms with Crippen molar-refractivity contribution in [3.05, 3.63) is 41.5 Å². The minimum absolute atomic E-state index is 0.347. The van der Waals surface area contributed by atoms with Crippen LogP contribution >= 0.6 is 11.3 Å². The van der Waals surface area contributed by atoms with Crippen LogP contribution in [0.1, 0.15) is 5.69 Å². The summed E-state index contributed by atoms with van der Waals surface area (Å²) < 4.78 is 7.42. The highest BCUT2D eigenvalue weighted by Crippen LogP contribution is 2.33. The Morgan fingerprint density at radius 2 is 2.26 bits per heavy atom. The Morgan fingerprint density at radius 1 is 1.42 bits per heavy atom. The summed E-state index contributed by atoms with van der Waals surface area (Å²) in [6, 6.07) is 10.0. The van der Waals surface area contributed by atoms with Crippen molar-refractivity contribution in [3.63, 3.8) is 0 Å². The quantitative estimate of drug-likeness (QED) is 0.734. The molecule has 19 heavy (non-hydrogen) atoms. The molecule has 0 aliphatic heterocycles. The van der Waals surface area contributed by atoms with Crippen molar-refractivity contribution in [3.8, 4) is 23.1 Å². The van der Waals surface area contributed by atoms with Crippen molar-refractivity contribution < 1.29 is 4.74 Å². The van der Waals surface area contributed by atoms with E-state index in [0.29, 0.717) is 6.42 Å². The van der Waals surface area contributed by atoms with Crippen LogP contribution in [-0.4, -0.2) is 16.5 Å². The van der Waals surface area contributed by atoms with Gasteiger partial charge in [-0.3, -0.25) is 4.40 Å². The van der Waals surface area contributed by atoms with Gasteiger partial charge in [0.2, 0.25) is 0 Å². The zero-order valence-corrected chi connectivity index (χ0v) is 11.1. The number of benzene rings is 1. The number of fused-ring (bicyclic) bond motifs is 1. The fourth-order valence-electron chi connectivity index (χ4n) is 2.12. The van der Waals surface area contributed by atoms with E-state index in [0.717, 1.165) is 27.7 Å². The largest absolute Gasteiger partial charge is 0.496 e. The number of hydrogen-bond donors (Lipinski definition) is 0. The molecule has 0 atom stereocenters. The Morgan fingerprint density at radius 3 is 3.05 bits per heavy atom. The number of nitriles is 1. The second-order valence-corrected chi connectivity index (χ2v) is 4.86. The van der Waals surface area contributed by atoms with Crippen molar-refractivity contribution in [2.75, 3.05) is 7.11 Å². The molecule has 0 fully saturated rings. The predicted molar refractivity (Wildman–Crippen MR) is 74.4 cm³/mol. The fourth-order valence-corrected chi connectivity index (χ4v) is 3.00. The molecule has 4 nitrogen and oxygen atoms in total. The van der Waals surface area contributed by atoms with Crippen LogP contribution in [-0.2, 0) is 6.42 Å². The predicted octanol–water partition coefficient (Wildman–Crippen LogP) is 3.14. The molecule has 2 heterocycles. The Labute approximate surface area is 114 Å². The van der Waals surface area contributed by atoms with Crippen molar-refractivity contribution in [2.24, 2.45) is 0 Å². The van der Waals surface area contributed by atoms with E-state index >= 15 is 0 Å². The average molecular weight is 269 g/mol. The van der Waals surface area contributed by atoms with Crippen LogP contribution in [0.2, 0.25) is 0 Å². The molecule has 1 aromatic carbocycles. The highest BCUT2D eigenvalue weighted by Gasteiger charge is 2.14. The minimum atomic E-state index is 0.347. The number of para-hydroxylation sites is 1. The Balaban J connectivity index is 2.25. The molecule has 0 spiro atoms. The lowest BCUT2D eigenvalue weighted by Gasteiger charge is -2.08. The first-order valence-corrected chi connectivity index (χ1v) is 6.67. The van der Waals surface area contributed by atoms with Gasteiger partial charge in [-0.05, 0) is 12.1 Å². The van der Waals surface area contributed by atoms with E-state index in [4.69, 9.17) is 10.00 Å². The molecule has 0 saturated carbocycles. The standard InChI is InChI=1S/C14H11N3OS/c1-18-13-5-3-2-4-11(13)12-9-19-14-16-8-10(6-7-15)17(12)14/h2-5,8-9H,6H2,1H3. The number of methoxy groups -OCH3 is 1. The molecule has 2 aromatic heterocycles. The zero-order chi connectivity index (χ0) is 13.2. The third-order valence-corrected chi connectivity index (χ3v) is 3.80. The SMILES string of the molecule is COc1ccccc1-c1csc2ncc(CC#N)n12. The molecule has 0 saturated heterocycles. The summed E-state index contributed by atoms with van der Waals surface area (Å²) in [4.78, 5) is 5.22. The molecule has 0 radical (unpaired) electrons. The monoisotopic (exact) mass is 269 g/mol. The maximum Gasteiger partial charge on any atom is 0.194 e. The minimum Gasteiger partial charge on any atom is -0.496 e. The summed E-state index contributed by atoms with van der Waals surface area (Å²) in [5.41, 5.74) is 2.92. The number of imidazole rings is 1. The summed E-state index contributed by atoms with van der Waals surface area (Å²) in [5, 5.41) is 10.9. The van der Waals surface area contributed by atoms with Gasteiger partial charge in [-0.2, -0.15) is 5.26 Å². The molecule has 3 rings (SSSR count).